The maximum absolute atomic E-state index is 13.7. The summed E-state index contributed by atoms with van der Waals surface area (Å²) >= 11 is 0. The molecule has 0 aliphatic carbocycles. The van der Waals surface area contributed by atoms with E-state index in [-0.39, 0.29) is 18.0 Å². The minimum atomic E-state index is -0.830. The molecule has 3 nitrogen and oxygen atoms in total. The first kappa shape index (κ1) is 17.2. The molecule has 1 aromatic carbocycles. The summed E-state index contributed by atoms with van der Waals surface area (Å²) in [4.78, 5) is 0. The van der Waals surface area contributed by atoms with Gasteiger partial charge in [-0.1, -0.05) is 20.8 Å². The van der Waals surface area contributed by atoms with Crippen LogP contribution in [0.5, 0.6) is 5.75 Å². The quantitative estimate of drug-likeness (QED) is 0.893. The maximum atomic E-state index is 13.7. The molecule has 0 aliphatic heterocycles. The number of aliphatic hydroxyl groups excluding tert-OH is 1. The Morgan fingerprint density at radius 1 is 1.33 bits per heavy atom. The van der Waals surface area contributed by atoms with Crippen LogP contribution in [0.2, 0.25) is 0 Å². The van der Waals surface area contributed by atoms with Crippen molar-refractivity contribution in [1.29, 1.82) is 0 Å². The van der Waals surface area contributed by atoms with Gasteiger partial charge in [-0.15, -0.1) is 12.4 Å². The predicted octanol–water partition coefficient (Wildman–Crippen LogP) is 2.66. The van der Waals surface area contributed by atoms with Crippen molar-refractivity contribution in [3.63, 3.8) is 0 Å². The molecule has 0 fully saturated rings. The first-order valence-electron chi connectivity index (χ1n) is 5.54. The van der Waals surface area contributed by atoms with Gasteiger partial charge in [0.05, 0.1) is 19.3 Å². The van der Waals surface area contributed by atoms with Crippen LogP contribution in [0, 0.1) is 11.2 Å². The zero-order chi connectivity index (χ0) is 13.2. The van der Waals surface area contributed by atoms with Gasteiger partial charge < -0.3 is 15.6 Å². The van der Waals surface area contributed by atoms with Crippen molar-refractivity contribution in [2.45, 2.75) is 32.9 Å². The Labute approximate surface area is 114 Å². The second kappa shape index (κ2) is 6.36. The summed E-state index contributed by atoms with van der Waals surface area (Å²) in [6, 6.07) is 3.57. The molecule has 0 unspecified atom stereocenters. The molecule has 0 saturated carbocycles. The Hall–Kier alpha value is -0.840. The van der Waals surface area contributed by atoms with Gasteiger partial charge in [-0.3, -0.25) is 0 Å². The van der Waals surface area contributed by atoms with Crippen LogP contribution in [0.25, 0.3) is 0 Å². The molecule has 0 heterocycles. The summed E-state index contributed by atoms with van der Waals surface area (Å²) < 4.78 is 18.7. The van der Waals surface area contributed by atoms with E-state index in [0.717, 1.165) is 0 Å². The van der Waals surface area contributed by atoms with E-state index in [1.807, 2.05) is 20.8 Å². The van der Waals surface area contributed by atoms with Crippen LogP contribution in [-0.4, -0.2) is 18.3 Å². The van der Waals surface area contributed by atoms with E-state index in [4.69, 9.17) is 10.5 Å². The van der Waals surface area contributed by atoms with Gasteiger partial charge in [0.2, 0.25) is 0 Å². The van der Waals surface area contributed by atoms with Crippen molar-refractivity contribution in [3.05, 3.63) is 29.6 Å². The van der Waals surface area contributed by atoms with Crippen LogP contribution >= 0.6 is 12.4 Å². The fraction of sp³-hybridized carbons (Fsp3) is 0.538. The molecule has 0 aliphatic rings. The first-order chi connectivity index (χ1) is 7.77. The monoisotopic (exact) mass is 277 g/mol. The second-order valence-electron chi connectivity index (χ2n) is 5.22. The smallest absolute Gasteiger partial charge is 0.128 e. The Morgan fingerprint density at radius 2 is 1.89 bits per heavy atom. The Kier molecular flexibility index (Phi) is 6.07. The molecule has 18 heavy (non-hydrogen) atoms. The number of ether oxygens (including phenoxy) is 1. The summed E-state index contributed by atoms with van der Waals surface area (Å²) in [7, 11) is 1.50. The SMILES string of the molecule is COc1ccc(F)c([C@@H](N)[C@@H](O)C(C)(C)C)c1.Cl. The Balaban J connectivity index is 0.00000289. The van der Waals surface area contributed by atoms with E-state index in [0.29, 0.717) is 5.75 Å². The molecule has 0 saturated heterocycles. The second-order valence-corrected chi connectivity index (χ2v) is 5.22. The van der Waals surface area contributed by atoms with Crippen molar-refractivity contribution in [2.24, 2.45) is 11.1 Å². The summed E-state index contributed by atoms with van der Waals surface area (Å²) in [5, 5.41) is 10.1. The summed E-state index contributed by atoms with van der Waals surface area (Å²) in [5.41, 5.74) is 5.77. The molecular formula is C13H21ClFNO2. The fourth-order valence-corrected chi connectivity index (χ4v) is 1.61. The Morgan fingerprint density at radius 3 is 2.33 bits per heavy atom. The predicted molar refractivity (Wildman–Crippen MR) is 72.6 cm³/mol. The van der Waals surface area contributed by atoms with Gasteiger partial charge in [0.25, 0.3) is 0 Å². The topological polar surface area (TPSA) is 55.5 Å². The van der Waals surface area contributed by atoms with Crippen LogP contribution in [0.3, 0.4) is 0 Å². The molecule has 104 valence electrons. The highest BCUT2D eigenvalue weighted by molar-refractivity contribution is 5.85. The zero-order valence-corrected chi connectivity index (χ0v) is 11.9. The number of methoxy groups -OCH3 is 1. The van der Waals surface area contributed by atoms with E-state index in [2.05, 4.69) is 0 Å². The molecule has 1 aromatic rings. The van der Waals surface area contributed by atoms with Crippen LogP contribution < -0.4 is 10.5 Å². The van der Waals surface area contributed by atoms with E-state index >= 15 is 0 Å². The van der Waals surface area contributed by atoms with Gasteiger partial charge in [0, 0.05) is 5.56 Å². The third-order valence-electron chi connectivity index (χ3n) is 2.79. The van der Waals surface area contributed by atoms with Crippen LogP contribution in [0.15, 0.2) is 18.2 Å². The first-order valence-corrected chi connectivity index (χ1v) is 5.54. The van der Waals surface area contributed by atoms with E-state index in [1.54, 1.807) is 0 Å². The highest BCUT2D eigenvalue weighted by atomic mass is 35.5. The molecule has 0 aromatic heterocycles. The van der Waals surface area contributed by atoms with Gasteiger partial charge >= 0.3 is 0 Å². The van der Waals surface area contributed by atoms with E-state index in [1.165, 1.54) is 25.3 Å². The van der Waals surface area contributed by atoms with Crippen LogP contribution in [-0.2, 0) is 0 Å². The largest absolute Gasteiger partial charge is 0.497 e. The highest BCUT2D eigenvalue weighted by Gasteiger charge is 2.30. The summed E-state index contributed by atoms with van der Waals surface area (Å²) in [5.74, 6) is 0.0968. The van der Waals surface area contributed by atoms with Gasteiger partial charge in [0.1, 0.15) is 11.6 Å². The lowest BCUT2D eigenvalue weighted by Gasteiger charge is -2.31. The van der Waals surface area contributed by atoms with E-state index < -0.39 is 23.4 Å². The average Bonchev–Trinajstić information content (AvgIpc) is 2.26. The standard InChI is InChI=1S/C13H20FNO2.ClH/c1-13(2,3)12(16)11(15)9-7-8(17-4)5-6-10(9)14;/h5-7,11-12,16H,15H2,1-4H3;1H/t11-,12-;/m1./s1. The number of hydrogen-bond acceptors (Lipinski definition) is 3. The van der Waals surface area contributed by atoms with Crippen molar-refractivity contribution in [3.8, 4) is 5.75 Å². The number of aliphatic hydroxyl groups is 1. The average molecular weight is 278 g/mol. The van der Waals surface area contributed by atoms with Crippen molar-refractivity contribution < 1.29 is 14.2 Å². The molecule has 0 amide bonds. The number of rotatable bonds is 3. The van der Waals surface area contributed by atoms with Gasteiger partial charge in [0.15, 0.2) is 0 Å². The van der Waals surface area contributed by atoms with Crippen molar-refractivity contribution in [2.75, 3.05) is 7.11 Å². The molecule has 3 N–H and O–H groups in total. The third-order valence-corrected chi connectivity index (χ3v) is 2.79. The van der Waals surface area contributed by atoms with Gasteiger partial charge in [-0.05, 0) is 23.6 Å². The minimum absolute atomic E-state index is 0. The molecule has 2 atom stereocenters. The highest BCUT2D eigenvalue weighted by Crippen LogP contribution is 2.31. The number of benzene rings is 1. The molecule has 5 heteroatoms. The van der Waals surface area contributed by atoms with Crippen LogP contribution in [0.4, 0.5) is 4.39 Å². The lowest BCUT2D eigenvalue weighted by atomic mass is 9.82. The lowest BCUT2D eigenvalue weighted by molar-refractivity contribution is 0.0391. The normalized spacial score (nSPS) is 14.6. The molecule has 1 rings (SSSR count). The molecular weight excluding hydrogens is 257 g/mol. The Bertz CT molecular complexity index is 393. The van der Waals surface area contributed by atoms with Gasteiger partial charge in [-0.25, -0.2) is 4.39 Å². The zero-order valence-electron chi connectivity index (χ0n) is 11.1. The molecule has 0 radical (unpaired) electrons. The fourth-order valence-electron chi connectivity index (χ4n) is 1.61. The van der Waals surface area contributed by atoms with Crippen LogP contribution in [0.1, 0.15) is 32.4 Å². The number of nitrogens with two attached hydrogens (primary N) is 1. The van der Waals surface area contributed by atoms with E-state index in [9.17, 15) is 9.50 Å². The third kappa shape index (κ3) is 3.83. The summed E-state index contributed by atoms with van der Waals surface area (Å²) in [6.07, 6.45) is -0.830. The summed E-state index contributed by atoms with van der Waals surface area (Å²) in [6.45, 7) is 5.57. The lowest BCUT2D eigenvalue weighted by Crippen LogP contribution is -2.37. The minimum Gasteiger partial charge on any atom is -0.497 e. The number of halogens is 2. The molecule has 0 bridgehead atoms. The molecule has 0 spiro atoms. The number of hydrogen-bond donors (Lipinski definition) is 2. The van der Waals surface area contributed by atoms with Gasteiger partial charge in [-0.2, -0.15) is 0 Å². The van der Waals surface area contributed by atoms with Crippen molar-refractivity contribution >= 4 is 12.4 Å². The van der Waals surface area contributed by atoms with Crippen molar-refractivity contribution in [1.82, 2.24) is 0 Å². The maximum Gasteiger partial charge on any atom is 0.128 e.